The molecule has 1 spiro atoms. The van der Waals surface area contributed by atoms with Gasteiger partial charge in [0.2, 0.25) is 5.91 Å². The molecule has 1 aliphatic heterocycles. The summed E-state index contributed by atoms with van der Waals surface area (Å²) in [6, 6.07) is 0. The molecule has 0 radical (unpaired) electrons. The van der Waals surface area contributed by atoms with E-state index in [0.717, 1.165) is 55.9 Å². The molecule has 5 heteroatoms. The smallest absolute Gasteiger partial charge is 0.254 e. The number of likely N-dealkylation sites (tertiary alicyclic amines) is 1. The SMILES string of the molecule is CC(C)(C)c1nc2c(c(=O)[nH]1)CCC21CCCN(C(=O)CC2CCCCC2)C1. The van der Waals surface area contributed by atoms with E-state index in [4.69, 9.17) is 4.98 Å². The van der Waals surface area contributed by atoms with E-state index in [1.54, 1.807) is 0 Å². The van der Waals surface area contributed by atoms with Gasteiger partial charge in [-0.2, -0.15) is 0 Å². The number of hydrogen-bond donors (Lipinski definition) is 1. The number of nitrogens with zero attached hydrogens (tertiary/aromatic N) is 2. The molecule has 2 fully saturated rings. The largest absolute Gasteiger partial charge is 0.342 e. The van der Waals surface area contributed by atoms with Gasteiger partial charge in [0.1, 0.15) is 5.82 Å². The average Bonchev–Trinajstić information content (AvgIpc) is 3.00. The number of carbonyl (C=O) groups excluding carboxylic acids is 1. The molecule has 2 aliphatic carbocycles. The molecule has 2 heterocycles. The second kappa shape index (κ2) is 7.31. The summed E-state index contributed by atoms with van der Waals surface area (Å²) in [6.07, 6.45) is 10.8. The zero-order chi connectivity index (χ0) is 19.9. The van der Waals surface area contributed by atoms with E-state index in [1.165, 1.54) is 32.1 Å². The van der Waals surface area contributed by atoms with Crippen molar-refractivity contribution >= 4 is 5.91 Å². The van der Waals surface area contributed by atoms with E-state index in [9.17, 15) is 9.59 Å². The molecule has 5 nitrogen and oxygen atoms in total. The van der Waals surface area contributed by atoms with E-state index in [1.807, 2.05) is 0 Å². The van der Waals surface area contributed by atoms with Crippen LogP contribution in [0.25, 0.3) is 0 Å². The van der Waals surface area contributed by atoms with Crippen LogP contribution in [0.1, 0.15) is 95.6 Å². The van der Waals surface area contributed by atoms with Gasteiger partial charge in [-0.1, -0.05) is 40.0 Å². The Bertz CT molecular complexity index is 801. The zero-order valence-corrected chi connectivity index (χ0v) is 17.8. The first-order valence-electron chi connectivity index (χ1n) is 11.2. The summed E-state index contributed by atoms with van der Waals surface area (Å²) in [5, 5.41) is 0. The fourth-order valence-electron chi connectivity index (χ4n) is 5.52. The van der Waals surface area contributed by atoms with E-state index in [2.05, 4.69) is 30.7 Å². The summed E-state index contributed by atoms with van der Waals surface area (Å²) in [7, 11) is 0. The van der Waals surface area contributed by atoms with Crippen molar-refractivity contribution in [3.63, 3.8) is 0 Å². The van der Waals surface area contributed by atoms with Crippen LogP contribution in [0.5, 0.6) is 0 Å². The summed E-state index contributed by atoms with van der Waals surface area (Å²) in [5.74, 6) is 1.66. The second-order valence-corrected chi connectivity index (χ2v) is 10.4. The number of amides is 1. The van der Waals surface area contributed by atoms with Gasteiger partial charge >= 0.3 is 0 Å². The standard InChI is InChI=1S/C23H35N3O2/c1-22(2,3)21-24-19-17(20(28)25-21)10-12-23(19)11-7-13-26(15-23)18(27)14-16-8-5-4-6-9-16/h16H,4-15H2,1-3H3,(H,24,25,28). The quantitative estimate of drug-likeness (QED) is 0.841. The van der Waals surface area contributed by atoms with Crippen molar-refractivity contribution in [2.24, 2.45) is 5.92 Å². The summed E-state index contributed by atoms with van der Waals surface area (Å²) in [5.41, 5.74) is 1.55. The Morgan fingerprint density at radius 2 is 1.93 bits per heavy atom. The number of H-pyrrole nitrogens is 1. The molecule has 3 aliphatic rings. The molecule has 1 aromatic rings. The number of carbonyl (C=O) groups is 1. The normalized spacial score (nSPS) is 25.9. The van der Waals surface area contributed by atoms with Crippen molar-refractivity contribution in [3.8, 4) is 0 Å². The van der Waals surface area contributed by atoms with Crippen molar-refractivity contribution in [1.82, 2.24) is 14.9 Å². The van der Waals surface area contributed by atoms with Crippen LogP contribution < -0.4 is 5.56 Å². The monoisotopic (exact) mass is 385 g/mol. The Kier molecular flexibility index (Phi) is 5.13. The fourth-order valence-corrected chi connectivity index (χ4v) is 5.52. The molecule has 28 heavy (non-hydrogen) atoms. The van der Waals surface area contributed by atoms with E-state index < -0.39 is 0 Å². The third kappa shape index (κ3) is 3.65. The van der Waals surface area contributed by atoms with Gasteiger partial charge in [-0.05, 0) is 44.4 Å². The number of piperidine rings is 1. The Labute approximate surface area is 168 Å². The molecule has 1 unspecified atom stereocenters. The highest BCUT2D eigenvalue weighted by atomic mass is 16.2. The molecule has 4 rings (SSSR count). The Hall–Kier alpha value is -1.65. The minimum Gasteiger partial charge on any atom is -0.342 e. The minimum absolute atomic E-state index is 0.0254. The molecular formula is C23H35N3O2. The van der Waals surface area contributed by atoms with Crippen LogP contribution in [-0.4, -0.2) is 33.9 Å². The van der Waals surface area contributed by atoms with E-state index in [0.29, 0.717) is 18.2 Å². The van der Waals surface area contributed by atoms with Crippen LogP contribution in [0.4, 0.5) is 0 Å². The number of nitrogens with one attached hydrogen (secondary N) is 1. The van der Waals surface area contributed by atoms with Crippen LogP contribution in [0.3, 0.4) is 0 Å². The fraction of sp³-hybridized carbons (Fsp3) is 0.783. The van der Waals surface area contributed by atoms with Crippen molar-refractivity contribution in [2.75, 3.05) is 13.1 Å². The molecule has 1 N–H and O–H groups in total. The lowest BCUT2D eigenvalue weighted by Gasteiger charge is -2.41. The van der Waals surface area contributed by atoms with Crippen molar-refractivity contribution < 1.29 is 4.79 Å². The number of aromatic nitrogens is 2. The molecule has 154 valence electrons. The maximum Gasteiger partial charge on any atom is 0.254 e. The summed E-state index contributed by atoms with van der Waals surface area (Å²) >= 11 is 0. The molecule has 1 saturated heterocycles. The predicted octanol–water partition coefficient (Wildman–Crippen LogP) is 3.84. The highest BCUT2D eigenvalue weighted by molar-refractivity contribution is 5.76. The van der Waals surface area contributed by atoms with Gasteiger partial charge in [0.15, 0.2) is 0 Å². The molecular weight excluding hydrogens is 350 g/mol. The number of aromatic amines is 1. The lowest BCUT2D eigenvalue weighted by molar-refractivity contribution is -0.134. The topological polar surface area (TPSA) is 66.1 Å². The maximum absolute atomic E-state index is 13.0. The van der Waals surface area contributed by atoms with Crippen molar-refractivity contribution in [2.45, 2.75) is 95.8 Å². The van der Waals surface area contributed by atoms with E-state index in [-0.39, 0.29) is 16.4 Å². The van der Waals surface area contributed by atoms with Crippen LogP contribution in [-0.2, 0) is 22.0 Å². The van der Waals surface area contributed by atoms with Gasteiger partial charge in [-0.3, -0.25) is 9.59 Å². The zero-order valence-electron chi connectivity index (χ0n) is 17.8. The first kappa shape index (κ1) is 19.7. The molecule has 0 bridgehead atoms. The van der Waals surface area contributed by atoms with Crippen molar-refractivity contribution in [1.29, 1.82) is 0 Å². The van der Waals surface area contributed by atoms with Gasteiger partial charge < -0.3 is 9.88 Å². The lowest BCUT2D eigenvalue weighted by atomic mass is 9.77. The van der Waals surface area contributed by atoms with Crippen molar-refractivity contribution in [3.05, 3.63) is 27.4 Å². The number of hydrogen-bond acceptors (Lipinski definition) is 3. The summed E-state index contributed by atoms with van der Waals surface area (Å²) < 4.78 is 0. The van der Waals surface area contributed by atoms with Gasteiger partial charge in [0, 0.05) is 35.9 Å². The predicted molar refractivity (Wildman–Crippen MR) is 111 cm³/mol. The number of rotatable bonds is 2. The molecule has 0 aromatic carbocycles. The van der Waals surface area contributed by atoms with E-state index >= 15 is 0 Å². The van der Waals surface area contributed by atoms with Gasteiger partial charge in [0.25, 0.3) is 5.56 Å². The van der Waals surface area contributed by atoms with Gasteiger partial charge in [-0.15, -0.1) is 0 Å². The van der Waals surface area contributed by atoms with Crippen LogP contribution in [0, 0.1) is 5.92 Å². The average molecular weight is 386 g/mol. The Balaban J connectivity index is 1.57. The van der Waals surface area contributed by atoms with Gasteiger partial charge in [-0.25, -0.2) is 4.98 Å². The molecule has 1 aromatic heterocycles. The maximum atomic E-state index is 13.0. The molecule has 1 amide bonds. The van der Waals surface area contributed by atoms with Crippen LogP contribution >= 0.6 is 0 Å². The minimum atomic E-state index is -0.191. The first-order valence-corrected chi connectivity index (χ1v) is 11.2. The third-order valence-corrected chi connectivity index (χ3v) is 7.20. The Morgan fingerprint density at radius 1 is 1.18 bits per heavy atom. The highest BCUT2D eigenvalue weighted by Crippen LogP contribution is 2.43. The summed E-state index contributed by atoms with van der Waals surface area (Å²) in [6.45, 7) is 7.85. The van der Waals surface area contributed by atoms with Crippen LogP contribution in [0.2, 0.25) is 0 Å². The second-order valence-electron chi connectivity index (χ2n) is 10.4. The molecule has 1 saturated carbocycles. The highest BCUT2D eigenvalue weighted by Gasteiger charge is 2.46. The number of fused-ring (bicyclic) bond motifs is 2. The van der Waals surface area contributed by atoms with Gasteiger partial charge in [0.05, 0.1) is 5.69 Å². The first-order chi connectivity index (χ1) is 13.3. The lowest BCUT2D eigenvalue weighted by Crippen LogP contribution is -2.48. The third-order valence-electron chi connectivity index (χ3n) is 7.20. The van der Waals surface area contributed by atoms with Crippen LogP contribution in [0.15, 0.2) is 4.79 Å². The Morgan fingerprint density at radius 3 is 2.64 bits per heavy atom. The molecule has 1 atom stereocenters. The summed E-state index contributed by atoms with van der Waals surface area (Å²) in [4.78, 5) is 35.8.